The Morgan fingerprint density at radius 1 is 1.71 bits per heavy atom. The number of rotatable bonds is 3. The fraction of sp³-hybridized carbons (Fsp3) is 0.182. The lowest BCUT2D eigenvalue weighted by atomic mass is 10.2. The van der Waals surface area contributed by atoms with Gasteiger partial charge >= 0.3 is 0 Å². The van der Waals surface area contributed by atoms with Crippen molar-refractivity contribution in [2.45, 2.75) is 13.0 Å². The maximum absolute atomic E-state index is 11.8. The molecule has 0 aliphatic carbocycles. The normalized spacial score (nSPS) is 11.8. The second kappa shape index (κ2) is 4.80. The van der Waals surface area contributed by atoms with Gasteiger partial charge in [0.2, 0.25) is 0 Å². The molecule has 0 aliphatic heterocycles. The van der Waals surface area contributed by atoms with Crippen molar-refractivity contribution < 1.29 is 9.21 Å². The lowest BCUT2D eigenvalue weighted by Gasteiger charge is -2.07. The summed E-state index contributed by atoms with van der Waals surface area (Å²) in [6.45, 7) is 1.81. The molecule has 86 valence electrons. The maximum atomic E-state index is 11.8. The smallest absolute Gasteiger partial charge is 0.272 e. The van der Waals surface area contributed by atoms with Gasteiger partial charge in [-0.05, 0) is 19.1 Å². The minimum atomic E-state index is -0.793. The van der Waals surface area contributed by atoms with Crippen molar-refractivity contribution in [3.05, 3.63) is 40.2 Å². The Labute approximate surface area is 102 Å². The van der Waals surface area contributed by atoms with Crippen LogP contribution in [-0.4, -0.2) is 10.9 Å². The summed E-state index contributed by atoms with van der Waals surface area (Å²) in [5.74, 6) is 0.0421. The predicted octanol–water partition coefficient (Wildman–Crippen LogP) is 2.04. The minimum absolute atomic E-state index is 0.349. The molecule has 17 heavy (non-hydrogen) atoms. The summed E-state index contributed by atoms with van der Waals surface area (Å²) < 4.78 is 5.08. The number of hydrogen-bond acceptors (Lipinski definition) is 5. The Balaban J connectivity index is 2.14. The summed E-state index contributed by atoms with van der Waals surface area (Å²) in [4.78, 5) is 16.6. The molecule has 0 saturated carbocycles. The molecule has 1 unspecified atom stereocenters. The maximum Gasteiger partial charge on any atom is 0.272 e. The molecule has 2 heterocycles. The first-order valence-corrected chi connectivity index (χ1v) is 5.74. The van der Waals surface area contributed by atoms with Crippen LogP contribution >= 0.6 is 11.3 Å². The van der Waals surface area contributed by atoms with E-state index in [-0.39, 0.29) is 5.91 Å². The molecule has 0 bridgehead atoms. The Bertz CT molecular complexity index is 554. The van der Waals surface area contributed by atoms with E-state index in [1.807, 2.05) is 6.07 Å². The fourth-order valence-electron chi connectivity index (χ4n) is 1.35. The fourth-order valence-corrected chi connectivity index (χ4v) is 1.92. The molecular formula is C11H9N3O2S. The van der Waals surface area contributed by atoms with Gasteiger partial charge in [-0.1, -0.05) is 0 Å². The van der Waals surface area contributed by atoms with E-state index in [1.165, 1.54) is 17.6 Å². The Morgan fingerprint density at radius 3 is 3.06 bits per heavy atom. The Morgan fingerprint density at radius 2 is 2.53 bits per heavy atom. The number of thiazole rings is 1. The highest BCUT2D eigenvalue weighted by Gasteiger charge is 2.19. The summed E-state index contributed by atoms with van der Waals surface area (Å²) in [5.41, 5.74) is 1.94. The first kappa shape index (κ1) is 11.4. The van der Waals surface area contributed by atoms with Crippen LogP contribution in [0.2, 0.25) is 0 Å². The largest absolute Gasteiger partial charge is 0.466 e. The lowest BCUT2D eigenvalue weighted by molar-refractivity contribution is 0.0936. The van der Waals surface area contributed by atoms with Gasteiger partial charge in [-0.2, -0.15) is 5.26 Å². The second-order valence-corrected chi connectivity index (χ2v) is 4.37. The zero-order valence-corrected chi connectivity index (χ0v) is 9.82. The summed E-state index contributed by atoms with van der Waals surface area (Å²) in [7, 11) is 0. The topological polar surface area (TPSA) is 78.9 Å². The van der Waals surface area contributed by atoms with Crippen LogP contribution in [0.15, 0.2) is 28.3 Å². The SMILES string of the molecule is Cc1scnc1C(=O)NC(C#N)c1ccco1. The number of carbonyl (C=O) groups is 1. The number of nitrogens with zero attached hydrogens (tertiary/aromatic N) is 2. The van der Waals surface area contributed by atoms with Gasteiger partial charge in [-0.15, -0.1) is 11.3 Å². The number of aromatic nitrogens is 1. The van der Waals surface area contributed by atoms with E-state index in [0.29, 0.717) is 11.5 Å². The monoisotopic (exact) mass is 247 g/mol. The van der Waals surface area contributed by atoms with Gasteiger partial charge in [0.1, 0.15) is 11.5 Å². The molecule has 0 radical (unpaired) electrons. The van der Waals surface area contributed by atoms with Crippen LogP contribution in [0.3, 0.4) is 0 Å². The molecule has 0 saturated heterocycles. The van der Waals surface area contributed by atoms with Crippen LogP contribution in [0.5, 0.6) is 0 Å². The quantitative estimate of drug-likeness (QED) is 0.900. The molecule has 1 N–H and O–H groups in total. The Kier molecular flexibility index (Phi) is 3.21. The van der Waals surface area contributed by atoms with E-state index in [0.717, 1.165) is 4.88 Å². The molecular weight excluding hydrogens is 238 g/mol. The van der Waals surface area contributed by atoms with Crippen molar-refractivity contribution in [3.8, 4) is 6.07 Å². The Hall–Kier alpha value is -2.13. The standard InChI is InChI=1S/C11H9N3O2S/c1-7-10(13-6-17-7)11(15)14-8(5-12)9-3-2-4-16-9/h2-4,6,8H,1H3,(H,14,15). The molecule has 2 aromatic heterocycles. The van der Waals surface area contributed by atoms with Gasteiger partial charge in [0.25, 0.3) is 5.91 Å². The van der Waals surface area contributed by atoms with Crippen molar-refractivity contribution in [1.29, 1.82) is 5.26 Å². The van der Waals surface area contributed by atoms with Crippen LogP contribution in [0, 0.1) is 18.3 Å². The molecule has 1 atom stereocenters. The first-order valence-electron chi connectivity index (χ1n) is 4.86. The number of aryl methyl sites for hydroxylation is 1. The molecule has 6 heteroatoms. The van der Waals surface area contributed by atoms with Gasteiger partial charge in [-0.25, -0.2) is 4.98 Å². The van der Waals surface area contributed by atoms with Crippen LogP contribution in [-0.2, 0) is 0 Å². The van der Waals surface area contributed by atoms with Gasteiger partial charge in [0, 0.05) is 4.88 Å². The number of carbonyl (C=O) groups excluding carboxylic acids is 1. The van der Waals surface area contributed by atoms with E-state index in [1.54, 1.807) is 24.6 Å². The van der Waals surface area contributed by atoms with Crippen molar-refractivity contribution in [1.82, 2.24) is 10.3 Å². The van der Waals surface area contributed by atoms with E-state index in [2.05, 4.69) is 10.3 Å². The molecule has 2 aromatic rings. The van der Waals surface area contributed by atoms with E-state index in [4.69, 9.17) is 9.68 Å². The van der Waals surface area contributed by atoms with Crippen LogP contribution in [0.1, 0.15) is 27.2 Å². The van der Waals surface area contributed by atoms with Crippen LogP contribution in [0.25, 0.3) is 0 Å². The third kappa shape index (κ3) is 2.34. The molecule has 0 aliphatic rings. The summed E-state index contributed by atoms with van der Waals surface area (Å²) in [6.07, 6.45) is 1.46. The number of furan rings is 1. The van der Waals surface area contributed by atoms with Crippen molar-refractivity contribution >= 4 is 17.2 Å². The molecule has 0 spiro atoms. The number of nitriles is 1. The highest BCUT2D eigenvalue weighted by molar-refractivity contribution is 7.09. The van der Waals surface area contributed by atoms with Crippen molar-refractivity contribution in [2.75, 3.05) is 0 Å². The van der Waals surface area contributed by atoms with Crippen LogP contribution in [0.4, 0.5) is 0 Å². The molecule has 0 fully saturated rings. The third-order valence-corrected chi connectivity index (χ3v) is 2.95. The summed E-state index contributed by atoms with van der Waals surface area (Å²) >= 11 is 1.39. The van der Waals surface area contributed by atoms with Gasteiger partial charge < -0.3 is 9.73 Å². The lowest BCUT2D eigenvalue weighted by Crippen LogP contribution is -2.28. The average molecular weight is 247 g/mol. The minimum Gasteiger partial charge on any atom is -0.466 e. The first-order chi connectivity index (χ1) is 8.22. The van der Waals surface area contributed by atoms with E-state index in [9.17, 15) is 4.79 Å². The van der Waals surface area contributed by atoms with E-state index >= 15 is 0 Å². The van der Waals surface area contributed by atoms with Crippen molar-refractivity contribution in [3.63, 3.8) is 0 Å². The summed E-state index contributed by atoms with van der Waals surface area (Å²) in [6, 6.07) is 4.48. The number of nitrogens with one attached hydrogen (secondary N) is 1. The van der Waals surface area contributed by atoms with Crippen LogP contribution < -0.4 is 5.32 Å². The highest BCUT2D eigenvalue weighted by atomic mass is 32.1. The zero-order valence-electron chi connectivity index (χ0n) is 9.01. The van der Waals surface area contributed by atoms with Gasteiger partial charge in [0.05, 0.1) is 17.8 Å². The van der Waals surface area contributed by atoms with Gasteiger partial charge in [0.15, 0.2) is 6.04 Å². The number of hydrogen-bond donors (Lipinski definition) is 1. The van der Waals surface area contributed by atoms with Gasteiger partial charge in [-0.3, -0.25) is 4.79 Å². The summed E-state index contributed by atoms with van der Waals surface area (Å²) in [5, 5.41) is 11.5. The molecule has 2 rings (SSSR count). The third-order valence-electron chi connectivity index (χ3n) is 2.19. The van der Waals surface area contributed by atoms with Crippen molar-refractivity contribution in [2.24, 2.45) is 0 Å². The average Bonchev–Trinajstić information content (AvgIpc) is 2.96. The molecule has 5 nitrogen and oxygen atoms in total. The van der Waals surface area contributed by atoms with E-state index < -0.39 is 6.04 Å². The predicted molar refractivity (Wildman–Crippen MR) is 61.4 cm³/mol. The second-order valence-electron chi connectivity index (χ2n) is 3.31. The highest BCUT2D eigenvalue weighted by Crippen LogP contribution is 2.15. The molecule has 1 amide bonds. The zero-order chi connectivity index (χ0) is 12.3. The number of amides is 1. The molecule has 0 aromatic carbocycles.